The monoisotopic (exact) mass is 408 g/mol. The van der Waals surface area contributed by atoms with Gasteiger partial charge in [-0.2, -0.15) is 0 Å². The number of amides is 2. The van der Waals surface area contributed by atoms with E-state index in [1.54, 1.807) is 24.3 Å². The van der Waals surface area contributed by atoms with Crippen molar-refractivity contribution in [3.05, 3.63) is 59.2 Å². The number of guanidine groups is 1. The van der Waals surface area contributed by atoms with Gasteiger partial charge >= 0.3 is 0 Å². The Kier molecular flexibility index (Phi) is 7.19. The Labute approximate surface area is 176 Å². The number of ether oxygens (including phenoxy) is 1. The van der Waals surface area contributed by atoms with E-state index in [0.29, 0.717) is 23.8 Å². The normalized spacial score (nSPS) is 16.2. The molecule has 3 N–H and O–H groups in total. The fourth-order valence-corrected chi connectivity index (χ4v) is 3.21. The van der Waals surface area contributed by atoms with Gasteiger partial charge in [0.25, 0.3) is 5.91 Å². The SMILES string of the molecule is CC(=O)Nc1cccc(C(=O)NC(=NC[C@H]2CCCO2)Nc2cc(C)ccc2C)c1. The van der Waals surface area contributed by atoms with Gasteiger partial charge in [0.1, 0.15) is 0 Å². The lowest BCUT2D eigenvalue weighted by molar-refractivity contribution is -0.114. The van der Waals surface area contributed by atoms with E-state index in [9.17, 15) is 9.59 Å². The van der Waals surface area contributed by atoms with Crippen LogP contribution in [0.3, 0.4) is 0 Å². The van der Waals surface area contributed by atoms with Gasteiger partial charge in [0.2, 0.25) is 11.9 Å². The van der Waals surface area contributed by atoms with E-state index in [2.05, 4.69) is 20.9 Å². The molecule has 0 unspecified atom stereocenters. The first-order valence-electron chi connectivity index (χ1n) is 10.1. The number of nitrogens with zero attached hydrogens (tertiary/aromatic N) is 1. The van der Waals surface area contributed by atoms with Crippen molar-refractivity contribution in [1.82, 2.24) is 5.32 Å². The van der Waals surface area contributed by atoms with E-state index in [-0.39, 0.29) is 17.9 Å². The summed E-state index contributed by atoms with van der Waals surface area (Å²) in [6.07, 6.45) is 2.07. The number of carbonyl (C=O) groups is 2. The molecule has 158 valence electrons. The number of carbonyl (C=O) groups excluding carboxylic acids is 2. The maximum absolute atomic E-state index is 12.9. The Bertz CT molecular complexity index is 949. The fraction of sp³-hybridized carbons (Fsp3) is 0.348. The third kappa shape index (κ3) is 6.15. The van der Waals surface area contributed by atoms with Gasteiger partial charge in [-0.25, -0.2) is 4.99 Å². The molecule has 0 bridgehead atoms. The molecular formula is C23H28N4O3. The van der Waals surface area contributed by atoms with Crippen LogP contribution in [0.5, 0.6) is 0 Å². The van der Waals surface area contributed by atoms with Gasteiger partial charge in [-0.1, -0.05) is 18.2 Å². The highest BCUT2D eigenvalue weighted by molar-refractivity contribution is 6.10. The number of hydrogen-bond acceptors (Lipinski definition) is 4. The Morgan fingerprint density at radius 1 is 1.13 bits per heavy atom. The quantitative estimate of drug-likeness (QED) is 0.520. The minimum absolute atomic E-state index is 0.0698. The molecule has 30 heavy (non-hydrogen) atoms. The van der Waals surface area contributed by atoms with Crippen molar-refractivity contribution < 1.29 is 14.3 Å². The predicted octanol–water partition coefficient (Wildman–Crippen LogP) is 3.64. The molecule has 1 heterocycles. The van der Waals surface area contributed by atoms with Crippen LogP contribution < -0.4 is 16.0 Å². The molecule has 1 atom stereocenters. The van der Waals surface area contributed by atoms with E-state index in [0.717, 1.165) is 36.3 Å². The van der Waals surface area contributed by atoms with Gasteiger partial charge in [0.15, 0.2) is 0 Å². The maximum Gasteiger partial charge on any atom is 0.258 e. The van der Waals surface area contributed by atoms with Crippen molar-refractivity contribution in [2.24, 2.45) is 4.99 Å². The molecule has 2 aromatic carbocycles. The molecule has 2 amide bonds. The van der Waals surface area contributed by atoms with Gasteiger partial charge in [-0.3, -0.25) is 14.9 Å². The van der Waals surface area contributed by atoms with Crippen molar-refractivity contribution in [3.8, 4) is 0 Å². The van der Waals surface area contributed by atoms with E-state index in [4.69, 9.17) is 4.74 Å². The van der Waals surface area contributed by atoms with Gasteiger partial charge in [-0.05, 0) is 62.1 Å². The number of hydrogen-bond donors (Lipinski definition) is 3. The van der Waals surface area contributed by atoms with Crippen LogP contribution in [0.25, 0.3) is 0 Å². The second-order valence-corrected chi connectivity index (χ2v) is 7.48. The highest BCUT2D eigenvalue weighted by Gasteiger charge is 2.16. The first kappa shape index (κ1) is 21.5. The molecule has 0 radical (unpaired) electrons. The minimum atomic E-state index is -0.314. The molecule has 1 aliphatic heterocycles. The lowest BCUT2D eigenvalue weighted by Crippen LogP contribution is -2.37. The first-order valence-corrected chi connectivity index (χ1v) is 10.1. The Balaban J connectivity index is 1.78. The largest absolute Gasteiger partial charge is 0.376 e. The van der Waals surface area contributed by atoms with E-state index < -0.39 is 0 Å². The molecule has 1 aliphatic rings. The van der Waals surface area contributed by atoms with Gasteiger partial charge in [0, 0.05) is 30.5 Å². The Hall–Kier alpha value is -3.19. The molecule has 7 heteroatoms. The van der Waals surface area contributed by atoms with Crippen LogP contribution in [0.1, 0.15) is 41.3 Å². The Morgan fingerprint density at radius 3 is 2.70 bits per heavy atom. The van der Waals surface area contributed by atoms with Crippen LogP contribution in [-0.4, -0.2) is 37.0 Å². The number of aliphatic imine (C=N–C) groups is 1. The summed E-state index contributed by atoms with van der Waals surface area (Å²) in [4.78, 5) is 28.7. The van der Waals surface area contributed by atoms with E-state index in [1.165, 1.54) is 6.92 Å². The molecular weight excluding hydrogens is 380 g/mol. The van der Waals surface area contributed by atoms with Crippen LogP contribution in [0.4, 0.5) is 11.4 Å². The number of anilines is 2. The molecule has 7 nitrogen and oxygen atoms in total. The average molecular weight is 409 g/mol. The second-order valence-electron chi connectivity index (χ2n) is 7.48. The lowest BCUT2D eigenvalue weighted by Gasteiger charge is -2.15. The lowest BCUT2D eigenvalue weighted by atomic mass is 10.1. The molecule has 0 spiro atoms. The van der Waals surface area contributed by atoms with Gasteiger partial charge in [-0.15, -0.1) is 0 Å². The number of rotatable bonds is 5. The van der Waals surface area contributed by atoms with Crippen molar-refractivity contribution in [3.63, 3.8) is 0 Å². The summed E-state index contributed by atoms with van der Waals surface area (Å²) in [7, 11) is 0. The third-order valence-electron chi connectivity index (χ3n) is 4.80. The number of nitrogens with one attached hydrogen (secondary N) is 3. The van der Waals surface area contributed by atoms with E-state index in [1.807, 2.05) is 32.0 Å². The van der Waals surface area contributed by atoms with Gasteiger partial charge < -0.3 is 15.4 Å². The summed E-state index contributed by atoms with van der Waals surface area (Å²) < 4.78 is 5.65. The van der Waals surface area contributed by atoms with Crippen LogP contribution in [0.2, 0.25) is 0 Å². The molecule has 1 fully saturated rings. The highest BCUT2D eigenvalue weighted by Crippen LogP contribution is 2.17. The zero-order valence-corrected chi connectivity index (χ0v) is 17.6. The van der Waals surface area contributed by atoms with Crippen LogP contribution in [0, 0.1) is 13.8 Å². The maximum atomic E-state index is 12.9. The highest BCUT2D eigenvalue weighted by atomic mass is 16.5. The average Bonchev–Trinajstić information content (AvgIpc) is 3.22. The molecule has 3 rings (SSSR count). The van der Waals surface area contributed by atoms with Gasteiger partial charge in [0.05, 0.1) is 12.6 Å². The summed E-state index contributed by atoms with van der Waals surface area (Å²) in [5, 5.41) is 8.80. The Morgan fingerprint density at radius 2 is 1.97 bits per heavy atom. The van der Waals surface area contributed by atoms with Crippen molar-refractivity contribution in [2.45, 2.75) is 39.7 Å². The van der Waals surface area contributed by atoms with Crippen LogP contribution in [0.15, 0.2) is 47.5 Å². The predicted molar refractivity (Wildman–Crippen MR) is 119 cm³/mol. The fourth-order valence-electron chi connectivity index (χ4n) is 3.21. The zero-order valence-electron chi connectivity index (χ0n) is 17.6. The minimum Gasteiger partial charge on any atom is -0.376 e. The summed E-state index contributed by atoms with van der Waals surface area (Å²) in [5.74, 6) is -0.136. The third-order valence-corrected chi connectivity index (χ3v) is 4.80. The number of aryl methyl sites for hydroxylation is 2. The standard InChI is InChI=1S/C23H28N4O3/c1-15-9-10-16(2)21(12-15)26-23(24-14-20-8-5-11-30-20)27-22(29)18-6-4-7-19(13-18)25-17(3)28/h4,6-7,9-10,12-13,20H,5,8,11,14H2,1-3H3,(H,25,28)(H2,24,26,27,29)/t20-/m1/s1. The summed E-state index contributed by atoms with van der Waals surface area (Å²) in [5.41, 5.74) is 4.03. The van der Waals surface area contributed by atoms with Crippen molar-refractivity contribution >= 4 is 29.1 Å². The molecule has 1 saturated heterocycles. The van der Waals surface area contributed by atoms with Crippen LogP contribution in [-0.2, 0) is 9.53 Å². The zero-order chi connectivity index (χ0) is 21.5. The first-order chi connectivity index (χ1) is 14.4. The van der Waals surface area contributed by atoms with Crippen LogP contribution >= 0.6 is 0 Å². The second kappa shape index (κ2) is 10.0. The molecule has 0 aromatic heterocycles. The topological polar surface area (TPSA) is 91.8 Å². The van der Waals surface area contributed by atoms with Crippen molar-refractivity contribution in [1.29, 1.82) is 0 Å². The smallest absolute Gasteiger partial charge is 0.258 e. The summed E-state index contributed by atoms with van der Waals surface area (Å²) in [6.45, 7) is 6.66. The summed E-state index contributed by atoms with van der Waals surface area (Å²) >= 11 is 0. The van der Waals surface area contributed by atoms with E-state index >= 15 is 0 Å². The molecule has 0 saturated carbocycles. The molecule has 2 aromatic rings. The molecule has 0 aliphatic carbocycles. The number of benzene rings is 2. The summed E-state index contributed by atoms with van der Waals surface area (Å²) in [6, 6.07) is 12.9. The van der Waals surface area contributed by atoms with Crippen molar-refractivity contribution in [2.75, 3.05) is 23.8 Å².